The van der Waals surface area contributed by atoms with Crippen molar-refractivity contribution < 1.29 is 27.8 Å². The molecule has 0 spiro atoms. The van der Waals surface area contributed by atoms with Crippen LogP contribution in [-0.4, -0.2) is 33.5 Å². The van der Waals surface area contributed by atoms with Crippen molar-refractivity contribution in [2.75, 3.05) is 6.54 Å². The third-order valence-electron chi connectivity index (χ3n) is 6.33. The number of rotatable bonds is 10. The summed E-state index contributed by atoms with van der Waals surface area (Å²) in [6.07, 6.45) is -2.26. The number of carboxylic acids is 1. The molecule has 0 aliphatic rings. The number of nitrogens with one attached hydrogen (secondary N) is 1. The molecular formula is C27H32F3N3O3. The normalized spacial score (nSPS) is 13.4. The van der Waals surface area contributed by atoms with E-state index < -0.39 is 23.8 Å². The summed E-state index contributed by atoms with van der Waals surface area (Å²) in [6, 6.07) is 9.15. The number of benzene rings is 2. The van der Waals surface area contributed by atoms with Gasteiger partial charge in [0.05, 0.1) is 11.3 Å². The van der Waals surface area contributed by atoms with Gasteiger partial charge in [-0.05, 0) is 93.2 Å². The predicted octanol–water partition coefficient (Wildman–Crippen LogP) is 5.95. The Bertz CT molecular complexity index is 1220. The molecule has 2 aromatic carbocycles. The molecule has 6 nitrogen and oxygen atoms in total. The number of aryl methyl sites for hydroxylation is 1. The summed E-state index contributed by atoms with van der Waals surface area (Å²) in [6.45, 7) is 9.84. The van der Waals surface area contributed by atoms with E-state index in [1.807, 2.05) is 26.0 Å². The molecule has 0 aliphatic heterocycles. The third kappa shape index (κ3) is 6.07. The van der Waals surface area contributed by atoms with Crippen LogP contribution in [0.5, 0.6) is 5.75 Å². The monoisotopic (exact) mass is 503 g/mol. The van der Waals surface area contributed by atoms with E-state index in [0.29, 0.717) is 23.4 Å². The van der Waals surface area contributed by atoms with Gasteiger partial charge in [0.15, 0.2) is 6.10 Å². The van der Waals surface area contributed by atoms with Crippen LogP contribution in [0.25, 0.3) is 5.69 Å². The number of aromatic nitrogens is 2. The standard InChI is InChI=1S/C27H32F3N3O3/c1-6-12-31-23(22-8-10-25(18(4)17(22)3)36-19(5)26(34)35)15-21-11-13-32-33(21)24-9-7-20(14-16(24)2)27(28,29)30/h7-11,13-14,19,23,31H,6,12,15H2,1-5H3,(H,34,35). The Hall–Kier alpha value is -3.33. The smallest absolute Gasteiger partial charge is 0.416 e. The van der Waals surface area contributed by atoms with E-state index in [4.69, 9.17) is 4.74 Å². The number of nitrogens with zero attached hydrogens (tertiary/aromatic N) is 2. The largest absolute Gasteiger partial charge is 0.479 e. The predicted molar refractivity (Wildman–Crippen MR) is 132 cm³/mol. The van der Waals surface area contributed by atoms with Crippen molar-refractivity contribution in [3.63, 3.8) is 0 Å². The maximum atomic E-state index is 13.1. The van der Waals surface area contributed by atoms with Crippen molar-refractivity contribution >= 4 is 5.97 Å². The maximum absolute atomic E-state index is 13.1. The summed E-state index contributed by atoms with van der Waals surface area (Å²) in [7, 11) is 0. The summed E-state index contributed by atoms with van der Waals surface area (Å²) in [5.41, 5.74) is 4.11. The van der Waals surface area contributed by atoms with Crippen LogP contribution in [0.1, 0.15) is 59.8 Å². The topological polar surface area (TPSA) is 76.4 Å². The van der Waals surface area contributed by atoms with Gasteiger partial charge in [0, 0.05) is 24.4 Å². The second-order valence-corrected chi connectivity index (χ2v) is 8.95. The molecule has 3 aromatic rings. The van der Waals surface area contributed by atoms with Crippen molar-refractivity contribution in [2.45, 2.75) is 65.8 Å². The molecule has 2 N–H and O–H groups in total. The van der Waals surface area contributed by atoms with Crippen molar-refractivity contribution in [3.8, 4) is 11.4 Å². The molecule has 0 saturated heterocycles. The van der Waals surface area contributed by atoms with Gasteiger partial charge >= 0.3 is 12.1 Å². The highest BCUT2D eigenvalue weighted by molar-refractivity contribution is 5.72. The number of hydrogen-bond donors (Lipinski definition) is 2. The van der Waals surface area contributed by atoms with Crippen molar-refractivity contribution in [3.05, 3.63) is 76.1 Å². The lowest BCUT2D eigenvalue weighted by molar-refractivity contribution is -0.144. The minimum atomic E-state index is -4.40. The first-order valence-electron chi connectivity index (χ1n) is 11.9. The van der Waals surface area contributed by atoms with Gasteiger partial charge < -0.3 is 15.2 Å². The molecule has 1 heterocycles. The molecule has 0 aliphatic carbocycles. The van der Waals surface area contributed by atoms with E-state index in [1.165, 1.54) is 13.0 Å². The lowest BCUT2D eigenvalue weighted by atomic mass is 9.93. The molecule has 9 heteroatoms. The Balaban J connectivity index is 1.95. The van der Waals surface area contributed by atoms with Crippen molar-refractivity contribution in [2.24, 2.45) is 0 Å². The van der Waals surface area contributed by atoms with Gasteiger partial charge in [0.2, 0.25) is 0 Å². The maximum Gasteiger partial charge on any atom is 0.416 e. The molecule has 3 rings (SSSR count). The highest BCUT2D eigenvalue weighted by Crippen LogP contribution is 2.33. The van der Waals surface area contributed by atoms with E-state index in [9.17, 15) is 23.1 Å². The highest BCUT2D eigenvalue weighted by atomic mass is 19.4. The lowest BCUT2D eigenvalue weighted by Gasteiger charge is -2.24. The van der Waals surface area contributed by atoms with Crippen LogP contribution >= 0.6 is 0 Å². The van der Waals surface area contributed by atoms with Gasteiger partial charge in [-0.25, -0.2) is 9.48 Å². The van der Waals surface area contributed by atoms with Crippen LogP contribution < -0.4 is 10.1 Å². The van der Waals surface area contributed by atoms with Gasteiger partial charge in [-0.3, -0.25) is 0 Å². The van der Waals surface area contributed by atoms with E-state index in [1.54, 1.807) is 23.9 Å². The average Bonchev–Trinajstić information content (AvgIpc) is 3.27. The zero-order valence-corrected chi connectivity index (χ0v) is 21.1. The third-order valence-corrected chi connectivity index (χ3v) is 6.33. The summed E-state index contributed by atoms with van der Waals surface area (Å²) in [5, 5.41) is 17.2. The zero-order chi connectivity index (χ0) is 26.6. The van der Waals surface area contributed by atoms with Crippen LogP contribution in [0.2, 0.25) is 0 Å². The molecule has 36 heavy (non-hydrogen) atoms. The number of ether oxygens (including phenoxy) is 1. The van der Waals surface area contributed by atoms with Gasteiger partial charge in [0.1, 0.15) is 5.75 Å². The SMILES string of the molecule is CCCNC(Cc1ccnn1-c1ccc(C(F)(F)F)cc1C)c1ccc(OC(C)C(=O)O)c(C)c1C. The van der Waals surface area contributed by atoms with E-state index in [0.717, 1.165) is 47.5 Å². The first kappa shape index (κ1) is 27.3. The van der Waals surface area contributed by atoms with Crippen molar-refractivity contribution in [1.82, 2.24) is 15.1 Å². The minimum absolute atomic E-state index is 0.0974. The Labute approximate surface area is 209 Å². The van der Waals surface area contributed by atoms with Gasteiger partial charge in [-0.1, -0.05) is 13.0 Å². The first-order chi connectivity index (χ1) is 16.9. The lowest BCUT2D eigenvalue weighted by Crippen LogP contribution is -2.26. The van der Waals surface area contributed by atoms with Crippen molar-refractivity contribution in [1.29, 1.82) is 0 Å². The second-order valence-electron chi connectivity index (χ2n) is 8.95. The molecule has 0 fully saturated rings. The zero-order valence-electron chi connectivity index (χ0n) is 21.1. The highest BCUT2D eigenvalue weighted by Gasteiger charge is 2.31. The molecular weight excluding hydrogens is 471 g/mol. The number of aliphatic carboxylic acids is 1. The van der Waals surface area contributed by atoms with Crippen LogP contribution in [0.3, 0.4) is 0 Å². The molecule has 0 radical (unpaired) electrons. The number of halogens is 3. The Kier molecular flexibility index (Phi) is 8.45. The summed E-state index contributed by atoms with van der Waals surface area (Å²) in [5.74, 6) is -0.517. The Morgan fingerprint density at radius 2 is 1.86 bits per heavy atom. The van der Waals surface area contributed by atoms with E-state index >= 15 is 0 Å². The van der Waals surface area contributed by atoms with E-state index in [-0.39, 0.29) is 6.04 Å². The summed E-state index contributed by atoms with van der Waals surface area (Å²) in [4.78, 5) is 11.2. The molecule has 0 amide bonds. The molecule has 194 valence electrons. The number of hydrogen-bond acceptors (Lipinski definition) is 4. The fraction of sp³-hybridized carbons (Fsp3) is 0.407. The number of alkyl halides is 3. The Morgan fingerprint density at radius 3 is 2.47 bits per heavy atom. The van der Waals surface area contributed by atoms with Gasteiger partial charge in [0.25, 0.3) is 0 Å². The molecule has 2 atom stereocenters. The van der Waals surface area contributed by atoms with Crippen LogP contribution in [-0.2, 0) is 17.4 Å². The molecule has 2 unspecified atom stereocenters. The number of carboxylic acid groups (broad SMARTS) is 1. The van der Waals surface area contributed by atoms with Crippen LogP contribution in [0.15, 0.2) is 42.6 Å². The fourth-order valence-electron chi connectivity index (χ4n) is 4.15. The Morgan fingerprint density at radius 1 is 1.14 bits per heavy atom. The van der Waals surface area contributed by atoms with Gasteiger partial charge in [-0.15, -0.1) is 0 Å². The average molecular weight is 504 g/mol. The number of carbonyl (C=O) groups is 1. The molecule has 0 saturated carbocycles. The molecule has 0 bridgehead atoms. The first-order valence-corrected chi connectivity index (χ1v) is 11.9. The van der Waals surface area contributed by atoms with E-state index in [2.05, 4.69) is 17.3 Å². The quantitative estimate of drug-likeness (QED) is 0.358. The van der Waals surface area contributed by atoms with Gasteiger partial charge in [-0.2, -0.15) is 18.3 Å². The second kappa shape index (κ2) is 11.2. The summed E-state index contributed by atoms with van der Waals surface area (Å²) >= 11 is 0. The fourth-order valence-corrected chi connectivity index (χ4v) is 4.15. The van der Waals surface area contributed by atoms with Crippen LogP contribution in [0, 0.1) is 20.8 Å². The van der Waals surface area contributed by atoms with Crippen LogP contribution in [0.4, 0.5) is 13.2 Å². The minimum Gasteiger partial charge on any atom is -0.479 e. The summed E-state index contributed by atoms with van der Waals surface area (Å²) < 4.78 is 46.7. The molecule has 1 aromatic heterocycles.